The van der Waals surface area contributed by atoms with Crippen LogP contribution in [0.2, 0.25) is 0 Å². The smallest absolute Gasteiger partial charge is 0.216 e. The lowest BCUT2D eigenvalue weighted by Crippen LogP contribution is -2.45. The van der Waals surface area contributed by atoms with Crippen LogP contribution in [0.1, 0.15) is 37.8 Å². The van der Waals surface area contributed by atoms with Gasteiger partial charge in [0.15, 0.2) is 0 Å². The lowest BCUT2D eigenvalue weighted by Gasteiger charge is -2.25. The normalized spacial score (nSPS) is 16.4. The van der Waals surface area contributed by atoms with Crippen LogP contribution in [0.15, 0.2) is 24.3 Å². The maximum absolute atomic E-state index is 12.2. The molecule has 1 aliphatic carbocycles. The van der Waals surface area contributed by atoms with Crippen LogP contribution in [-0.4, -0.2) is 21.0 Å². The third-order valence-electron chi connectivity index (χ3n) is 3.78. The van der Waals surface area contributed by atoms with E-state index in [9.17, 15) is 8.42 Å². The van der Waals surface area contributed by atoms with Gasteiger partial charge in [0.2, 0.25) is 10.0 Å². The van der Waals surface area contributed by atoms with Gasteiger partial charge in [-0.05, 0) is 50.8 Å². The van der Waals surface area contributed by atoms with Gasteiger partial charge in [-0.15, -0.1) is 0 Å². The quantitative estimate of drug-likeness (QED) is 0.809. The molecule has 20 heavy (non-hydrogen) atoms. The van der Waals surface area contributed by atoms with Crippen molar-refractivity contribution in [3.63, 3.8) is 0 Å². The summed E-state index contributed by atoms with van der Waals surface area (Å²) in [5, 5.41) is 3.07. The number of hydrogen-bond acceptors (Lipinski definition) is 3. The van der Waals surface area contributed by atoms with Crippen molar-refractivity contribution in [2.75, 3.05) is 7.05 Å². The second-order valence-corrected chi connectivity index (χ2v) is 7.93. The summed E-state index contributed by atoms with van der Waals surface area (Å²) in [7, 11) is -1.40. The standard InChI is InChI=1S/C15H24N2O2S/c1-15(2,14-8-9-14)17-20(18,19)11-13-6-4-12(5-7-13)10-16-3/h4-7,14,16-17H,8-11H2,1-3H3. The summed E-state index contributed by atoms with van der Waals surface area (Å²) in [5.41, 5.74) is 1.65. The van der Waals surface area contributed by atoms with Gasteiger partial charge in [0, 0.05) is 12.1 Å². The van der Waals surface area contributed by atoms with Crippen molar-refractivity contribution < 1.29 is 8.42 Å². The molecule has 1 aromatic carbocycles. The second kappa shape index (κ2) is 5.84. The summed E-state index contributed by atoms with van der Waals surface area (Å²) >= 11 is 0. The zero-order valence-electron chi connectivity index (χ0n) is 12.4. The molecule has 0 heterocycles. The molecule has 112 valence electrons. The van der Waals surface area contributed by atoms with Crippen LogP contribution in [0, 0.1) is 5.92 Å². The van der Waals surface area contributed by atoms with Gasteiger partial charge < -0.3 is 5.32 Å². The number of benzene rings is 1. The molecule has 4 nitrogen and oxygen atoms in total. The van der Waals surface area contributed by atoms with E-state index < -0.39 is 10.0 Å². The highest BCUT2D eigenvalue weighted by Gasteiger charge is 2.40. The highest BCUT2D eigenvalue weighted by molar-refractivity contribution is 7.88. The molecule has 1 aromatic rings. The van der Waals surface area contributed by atoms with E-state index in [1.807, 2.05) is 45.2 Å². The van der Waals surface area contributed by atoms with Crippen molar-refractivity contribution in [3.05, 3.63) is 35.4 Å². The average molecular weight is 296 g/mol. The molecule has 5 heteroatoms. The molecule has 1 saturated carbocycles. The number of nitrogens with one attached hydrogen (secondary N) is 2. The van der Waals surface area contributed by atoms with Crippen molar-refractivity contribution in [2.24, 2.45) is 5.92 Å². The first-order valence-electron chi connectivity index (χ1n) is 7.06. The first kappa shape index (κ1) is 15.5. The first-order valence-corrected chi connectivity index (χ1v) is 8.72. The molecule has 1 fully saturated rings. The van der Waals surface area contributed by atoms with E-state index in [0.29, 0.717) is 5.92 Å². The highest BCUT2D eigenvalue weighted by Crippen LogP contribution is 2.39. The molecule has 0 atom stereocenters. The Morgan fingerprint density at radius 1 is 1.15 bits per heavy atom. The average Bonchev–Trinajstić information content (AvgIpc) is 3.14. The van der Waals surface area contributed by atoms with Crippen LogP contribution in [0.25, 0.3) is 0 Å². The number of sulfonamides is 1. The summed E-state index contributed by atoms with van der Waals surface area (Å²) < 4.78 is 27.3. The molecule has 0 radical (unpaired) electrons. The van der Waals surface area contributed by atoms with Crippen molar-refractivity contribution in [1.82, 2.24) is 10.0 Å². The van der Waals surface area contributed by atoms with Gasteiger partial charge in [0.1, 0.15) is 0 Å². The summed E-state index contributed by atoms with van der Waals surface area (Å²) in [6.45, 7) is 4.73. The lowest BCUT2D eigenvalue weighted by molar-refractivity contribution is 0.400. The minimum Gasteiger partial charge on any atom is -0.316 e. The Morgan fingerprint density at radius 2 is 1.70 bits per heavy atom. The Kier molecular flexibility index (Phi) is 4.52. The summed E-state index contributed by atoms with van der Waals surface area (Å²) in [5.74, 6) is 0.526. The highest BCUT2D eigenvalue weighted by atomic mass is 32.2. The van der Waals surface area contributed by atoms with Crippen molar-refractivity contribution in [3.8, 4) is 0 Å². The lowest BCUT2D eigenvalue weighted by atomic mass is 10.0. The fourth-order valence-corrected chi connectivity index (χ4v) is 4.17. The van der Waals surface area contributed by atoms with E-state index in [-0.39, 0.29) is 11.3 Å². The molecule has 2 rings (SSSR count). The Bertz CT molecular complexity index is 546. The zero-order valence-corrected chi connectivity index (χ0v) is 13.3. The monoisotopic (exact) mass is 296 g/mol. The van der Waals surface area contributed by atoms with Crippen LogP contribution >= 0.6 is 0 Å². The van der Waals surface area contributed by atoms with Gasteiger partial charge in [0.25, 0.3) is 0 Å². The first-order chi connectivity index (χ1) is 9.32. The SMILES string of the molecule is CNCc1ccc(CS(=O)(=O)NC(C)(C)C2CC2)cc1. The van der Waals surface area contributed by atoms with Crippen LogP contribution < -0.4 is 10.0 Å². The molecule has 1 aliphatic rings. The van der Waals surface area contributed by atoms with Gasteiger partial charge in [-0.1, -0.05) is 24.3 Å². The Hall–Kier alpha value is -0.910. The van der Waals surface area contributed by atoms with E-state index in [1.54, 1.807) is 0 Å². The predicted molar refractivity (Wildman–Crippen MR) is 81.8 cm³/mol. The molecule has 2 N–H and O–H groups in total. The fourth-order valence-electron chi connectivity index (χ4n) is 2.50. The second-order valence-electron chi connectivity index (χ2n) is 6.20. The Labute approximate surface area is 122 Å². The third kappa shape index (κ3) is 4.30. The molecule has 0 saturated heterocycles. The maximum atomic E-state index is 12.2. The van der Waals surface area contributed by atoms with Gasteiger partial charge in [-0.3, -0.25) is 0 Å². The van der Waals surface area contributed by atoms with E-state index in [0.717, 1.165) is 30.5 Å². The van der Waals surface area contributed by atoms with Gasteiger partial charge in [-0.2, -0.15) is 0 Å². The van der Waals surface area contributed by atoms with Crippen LogP contribution in [0.3, 0.4) is 0 Å². The van der Waals surface area contributed by atoms with E-state index in [4.69, 9.17) is 0 Å². The van der Waals surface area contributed by atoms with Crippen molar-refractivity contribution >= 4 is 10.0 Å². The van der Waals surface area contributed by atoms with Gasteiger partial charge in [-0.25, -0.2) is 13.1 Å². The molecule has 0 bridgehead atoms. The van der Waals surface area contributed by atoms with E-state index in [2.05, 4.69) is 10.0 Å². The molecular weight excluding hydrogens is 272 g/mol. The van der Waals surface area contributed by atoms with Crippen LogP contribution in [-0.2, 0) is 22.3 Å². The molecule has 0 unspecified atom stereocenters. The van der Waals surface area contributed by atoms with Gasteiger partial charge in [0.05, 0.1) is 5.75 Å². The predicted octanol–water partition coefficient (Wildman–Crippen LogP) is 2.01. The molecule has 0 aromatic heterocycles. The molecule has 0 amide bonds. The largest absolute Gasteiger partial charge is 0.316 e. The van der Waals surface area contributed by atoms with Crippen LogP contribution in [0.4, 0.5) is 0 Å². The minimum absolute atomic E-state index is 0.0446. The number of hydrogen-bond donors (Lipinski definition) is 2. The van der Waals surface area contributed by atoms with Gasteiger partial charge >= 0.3 is 0 Å². The summed E-state index contributed by atoms with van der Waals surface area (Å²) in [6.07, 6.45) is 2.24. The maximum Gasteiger partial charge on any atom is 0.216 e. The summed E-state index contributed by atoms with van der Waals surface area (Å²) in [6, 6.07) is 7.70. The minimum atomic E-state index is -3.29. The van der Waals surface area contributed by atoms with Crippen molar-refractivity contribution in [1.29, 1.82) is 0 Å². The zero-order chi connectivity index (χ0) is 14.8. The van der Waals surface area contributed by atoms with E-state index >= 15 is 0 Å². The topological polar surface area (TPSA) is 58.2 Å². The molecule has 0 spiro atoms. The third-order valence-corrected chi connectivity index (χ3v) is 5.33. The van der Waals surface area contributed by atoms with Crippen molar-refractivity contribution in [2.45, 2.75) is 44.5 Å². The number of rotatable bonds is 7. The van der Waals surface area contributed by atoms with E-state index in [1.165, 1.54) is 0 Å². The fraction of sp³-hybridized carbons (Fsp3) is 0.600. The Balaban J connectivity index is 2.00. The molecule has 0 aliphatic heterocycles. The summed E-state index contributed by atoms with van der Waals surface area (Å²) in [4.78, 5) is 0. The van der Waals surface area contributed by atoms with Crippen LogP contribution in [0.5, 0.6) is 0 Å². The Morgan fingerprint density at radius 3 is 2.20 bits per heavy atom. The molecular formula is C15H24N2O2S.